The molecule has 41 heavy (non-hydrogen) atoms. The van der Waals surface area contributed by atoms with Gasteiger partial charge in [0.1, 0.15) is 17.0 Å². The zero-order chi connectivity index (χ0) is 28.3. The van der Waals surface area contributed by atoms with Crippen molar-refractivity contribution in [2.24, 2.45) is 11.7 Å². The van der Waals surface area contributed by atoms with Gasteiger partial charge in [-0.15, -0.1) is 23.1 Å². The van der Waals surface area contributed by atoms with E-state index < -0.39 is 28.7 Å². The highest BCUT2D eigenvalue weighted by atomic mass is 32.2. The number of nitrogens with two attached hydrogens (primary N) is 1. The highest BCUT2D eigenvalue weighted by molar-refractivity contribution is 8.00. The van der Waals surface area contributed by atoms with Crippen LogP contribution in [0.5, 0.6) is 0 Å². The van der Waals surface area contributed by atoms with Crippen LogP contribution in [0.1, 0.15) is 27.7 Å². The first-order valence-electron chi connectivity index (χ1n) is 13.4. The minimum absolute atomic E-state index is 0.146. The van der Waals surface area contributed by atoms with Crippen LogP contribution in [-0.4, -0.2) is 33.3 Å². The third-order valence-electron chi connectivity index (χ3n) is 7.35. The Morgan fingerprint density at radius 1 is 0.854 bits per heavy atom. The molecular weight excluding hydrogens is 553 g/mol. The Balaban J connectivity index is 1.34. The van der Waals surface area contributed by atoms with E-state index in [-0.39, 0.29) is 23.8 Å². The fraction of sp³-hybridized carbons (Fsp3) is 0.182. The Kier molecular flexibility index (Phi) is 7.87. The SMILES string of the molecule is NC1S[C@@H]2[C@H](C(=O)Cc3ccccc3)C(=O)N2C(C(=O)OC(c2ccccc2)c2ccccc2)=C1Cc1cccs1. The van der Waals surface area contributed by atoms with Crippen molar-refractivity contribution in [1.82, 2.24) is 4.90 Å². The summed E-state index contributed by atoms with van der Waals surface area (Å²) in [5.74, 6) is -2.06. The molecule has 4 aromatic rings. The first-order valence-corrected chi connectivity index (χ1v) is 15.2. The lowest BCUT2D eigenvalue weighted by Crippen LogP contribution is -2.65. The number of hydrogen-bond donors (Lipinski definition) is 1. The van der Waals surface area contributed by atoms with Crippen LogP contribution < -0.4 is 5.73 Å². The molecule has 2 aliphatic heterocycles. The maximum atomic E-state index is 14.1. The summed E-state index contributed by atoms with van der Waals surface area (Å²) in [6.45, 7) is 0. The lowest BCUT2D eigenvalue weighted by Gasteiger charge is -2.50. The monoisotopic (exact) mass is 580 g/mol. The van der Waals surface area contributed by atoms with E-state index in [1.807, 2.05) is 109 Å². The highest BCUT2D eigenvalue weighted by Gasteiger charge is 2.58. The summed E-state index contributed by atoms with van der Waals surface area (Å²) >= 11 is 2.91. The van der Waals surface area contributed by atoms with Crippen molar-refractivity contribution in [3.63, 3.8) is 0 Å². The third-order valence-corrected chi connectivity index (χ3v) is 9.57. The van der Waals surface area contributed by atoms with Gasteiger partial charge in [0.25, 0.3) is 0 Å². The van der Waals surface area contributed by atoms with Crippen molar-refractivity contribution in [2.75, 3.05) is 0 Å². The number of rotatable bonds is 9. The minimum Gasteiger partial charge on any atom is -0.448 e. The lowest BCUT2D eigenvalue weighted by atomic mass is 9.87. The van der Waals surface area contributed by atoms with Crippen LogP contribution in [0.3, 0.4) is 0 Å². The molecule has 0 saturated carbocycles. The van der Waals surface area contributed by atoms with Gasteiger partial charge in [-0.1, -0.05) is 97.1 Å². The average Bonchev–Trinajstić information content (AvgIpc) is 3.51. The van der Waals surface area contributed by atoms with Gasteiger partial charge in [0, 0.05) is 17.7 Å². The number of benzene rings is 3. The highest BCUT2D eigenvalue weighted by Crippen LogP contribution is 2.48. The van der Waals surface area contributed by atoms with E-state index in [0.717, 1.165) is 21.6 Å². The van der Waals surface area contributed by atoms with Crippen LogP contribution in [0.25, 0.3) is 0 Å². The fourth-order valence-corrected chi connectivity index (χ4v) is 7.47. The molecule has 3 aromatic carbocycles. The summed E-state index contributed by atoms with van der Waals surface area (Å²) in [5.41, 5.74) is 9.92. The van der Waals surface area contributed by atoms with Gasteiger partial charge < -0.3 is 10.5 Å². The van der Waals surface area contributed by atoms with Gasteiger partial charge in [0.05, 0.1) is 5.37 Å². The van der Waals surface area contributed by atoms with Crippen LogP contribution in [-0.2, 0) is 32.0 Å². The van der Waals surface area contributed by atoms with Gasteiger partial charge in [-0.05, 0) is 33.7 Å². The summed E-state index contributed by atoms with van der Waals surface area (Å²) < 4.78 is 6.22. The van der Waals surface area contributed by atoms with Gasteiger partial charge in [-0.2, -0.15) is 0 Å². The van der Waals surface area contributed by atoms with Crippen LogP contribution in [0.2, 0.25) is 0 Å². The first-order chi connectivity index (χ1) is 20.0. The molecule has 3 atom stereocenters. The molecule has 1 unspecified atom stereocenters. The molecule has 0 radical (unpaired) electrons. The number of amides is 1. The third kappa shape index (κ3) is 5.51. The number of hydrogen-bond acceptors (Lipinski definition) is 7. The zero-order valence-corrected chi connectivity index (χ0v) is 23.7. The molecule has 0 bridgehead atoms. The van der Waals surface area contributed by atoms with E-state index in [9.17, 15) is 14.4 Å². The summed E-state index contributed by atoms with van der Waals surface area (Å²) in [5, 5.41) is 0.828. The molecule has 2 aliphatic rings. The maximum absolute atomic E-state index is 14.1. The van der Waals surface area contributed by atoms with Gasteiger partial charge in [-0.3, -0.25) is 14.5 Å². The number of carbonyl (C=O) groups excluding carboxylic acids is 3. The number of ketones is 1. The predicted molar refractivity (Wildman–Crippen MR) is 161 cm³/mol. The van der Waals surface area contributed by atoms with Crippen molar-refractivity contribution < 1.29 is 19.1 Å². The van der Waals surface area contributed by atoms with Crippen molar-refractivity contribution in [3.8, 4) is 0 Å². The van der Waals surface area contributed by atoms with E-state index in [1.54, 1.807) is 11.3 Å². The standard InChI is InChI=1S/C33H28N2O4S2/c34-30-25(20-24-17-10-18-40-24)28(33(38)39-29(22-13-6-2-7-14-22)23-15-8-3-9-16-23)35-31(37)27(32(35)41-30)26(36)19-21-11-4-1-5-12-21/h1-18,27,29-30,32H,19-20,34H2/t27-,30?,32-/m1/s1. The number of nitrogens with zero attached hydrogens (tertiary/aromatic N) is 1. The molecule has 6 rings (SSSR count). The van der Waals surface area contributed by atoms with Crippen LogP contribution >= 0.6 is 23.1 Å². The van der Waals surface area contributed by atoms with Gasteiger partial charge in [0.2, 0.25) is 5.91 Å². The molecule has 0 aliphatic carbocycles. The van der Waals surface area contributed by atoms with E-state index in [0.29, 0.717) is 12.0 Å². The number of esters is 1. The molecule has 6 nitrogen and oxygen atoms in total. The number of ether oxygens (including phenoxy) is 1. The average molecular weight is 581 g/mol. The smallest absolute Gasteiger partial charge is 0.356 e. The lowest BCUT2D eigenvalue weighted by molar-refractivity contribution is -0.159. The quantitative estimate of drug-likeness (QED) is 0.160. The number of Topliss-reactive ketones (excluding diaryl/α,β-unsaturated/α-hetero) is 1. The molecule has 0 spiro atoms. The molecule has 1 fully saturated rings. The largest absolute Gasteiger partial charge is 0.448 e. The van der Waals surface area contributed by atoms with Crippen molar-refractivity contribution in [3.05, 3.63) is 141 Å². The Morgan fingerprint density at radius 2 is 1.46 bits per heavy atom. The molecule has 2 N–H and O–H groups in total. The second-order valence-corrected chi connectivity index (χ2v) is 12.3. The van der Waals surface area contributed by atoms with Gasteiger partial charge >= 0.3 is 5.97 Å². The number of β-lactam (4-membered cyclic amide) rings is 1. The Morgan fingerprint density at radius 3 is 2.05 bits per heavy atom. The normalized spacial score (nSPS) is 20.0. The number of thiophene rings is 1. The van der Waals surface area contributed by atoms with Crippen molar-refractivity contribution in [1.29, 1.82) is 0 Å². The number of carbonyl (C=O) groups is 3. The van der Waals surface area contributed by atoms with Gasteiger partial charge in [-0.25, -0.2) is 4.79 Å². The molecule has 3 heterocycles. The van der Waals surface area contributed by atoms with E-state index in [2.05, 4.69) is 0 Å². The second kappa shape index (κ2) is 11.9. The van der Waals surface area contributed by atoms with E-state index >= 15 is 0 Å². The van der Waals surface area contributed by atoms with E-state index in [1.165, 1.54) is 16.7 Å². The Bertz CT molecular complexity index is 1530. The molecule has 8 heteroatoms. The number of fused-ring (bicyclic) bond motifs is 1. The molecule has 1 amide bonds. The summed E-state index contributed by atoms with van der Waals surface area (Å²) in [6, 6.07) is 32.3. The van der Waals surface area contributed by atoms with Crippen LogP contribution in [0.4, 0.5) is 0 Å². The van der Waals surface area contributed by atoms with Gasteiger partial charge in [0.15, 0.2) is 11.9 Å². The van der Waals surface area contributed by atoms with Crippen LogP contribution in [0.15, 0.2) is 120 Å². The minimum atomic E-state index is -0.864. The summed E-state index contributed by atoms with van der Waals surface area (Å²) in [4.78, 5) is 43.5. The molecule has 206 valence electrons. The van der Waals surface area contributed by atoms with Crippen LogP contribution in [0, 0.1) is 5.92 Å². The maximum Gasteiger partial charge on any atom is 0.356 e. The topological polar surface area (TPSA) is 89.7 Å². The fourth-order valence-electron chi connectivity index (χ4n) is 5.33. The van der Waals surface area contributed by atoms with Crippen molar-refractivity contribution in [2.45, 2.75) is 29.7 Å². The number of thioether (sulfide) groups is 1. The molecule has 1 saturated heterocycles. The van der Waals surface area contributed by atoms with Crippen molar-refractivity contribution >= 4 is 40.8 Å². The van der Waals surface area contributed by atoms with E-state index in [4.69, 9.17) is 10.5 Å². The Hall–Kier alpha value is -3.98. The first kappa shape index (κ1) is 27.2. The Labute approximate surface area is 246 Å². The zero-order valence-electron chi connectivity index (χ0n) is 22.1. The molecule has 1 aromatic heterocycles. The second-order valence-electron chi connectivity index (χ2n) is 10.00. The predicted octanol–water partition coefficient (Wildman–Crippen LogP) is 5.51. The molecular formula is C33H28N2O4S2. The summed E-state index contributed by atoms with van der Waals surface area (Å²) in [7, 11) is 0. The summed E-state index contributed by atoms with van der Waals surface area (Å²) in [6.07, 6.45) is -0.124.